The van der Waals surface area contributed by atoms with Crippen LogP contribution in [-0.4, -0.2) is 51.4 Å². The van der Waals surface area contributed by atoms with Gasteiger partial charge in [0.1, 0.15) is 0 Å². The van der Waals surface area contributed by atoms with Gasteiger partial charge in [-0.3, -0.25) is 4.84 Å². The van der Waals surface area contributed by atoms with Gasteiger partial charge in [0, 0.05) is 20.2 Å². The van der Waals surface area contributed by atoms with Gasteiger partial charge in [-0.2, -0.15) is 0 Å². The van der Waals surface area contributed by atoms with Crippen molar-refractivity contribution in [2.75, 3.05) is 46.5 Å². The summed E-state index contributed by atoms with van der Waals surface area (Å²) in [4.78, 5) is 7.45. The minimum Gasteiger partial charge on any atom is -0.382 e. The fraction of sp³-hybridized carbons (Fsp3) is 1.00. The van der Waals surface area contributed by atoms with Crippen LogP contribution in [0.4, 0.5) is 0 Å². The molecule has 0 aromatic rings. The minimum absolute atomic E-state index is 0.606. The highest BCUT2D eigenvalue weighted by atomic mass is 16.7. The van der Waals surface area contributed by atoms with E-state index in [0.29, 0.717) is 13.2 Å². The molecule has 0 aliphatic rings. The average Bonchev–Trinajstić information content (AvgIpc) is 2.17. The number of ether oxygens (including phenoxy) is 1. The van der Waals surface area contributed by atoms with Crippen LogP contribution in [0.2, 0.25) is 0 Å². The standard InChI is InChI=1S/C9H22N2O2/c1-4-11(5-2)7-6-10-13-9-8-12-3/h10H,4-9H2,1-3H3. The second-order valence-electron chi connectivity index (χ2n) is 2.76. The van der Waals surface area contributed by atoms with Crippen molar-refractivity contribution >= 4 is 0 Å². The Labute approximate surface area is 81.1 Å². The van der Waals surface area contributed by atoms with Crippen LogP contribution in [0.25, 0.3) is 0 Å². The number of likely N-dealkylation sites (N-methyl/N-ethyl adjacent to an activating group) is 1. The molecule has 0 saturated carbocycles. The fourth-order valence-corrected chi connectivity index (χ4v) is 1.01. The van der Waals surface area contributed by atoms with Gasteiger partial charge in [0.15, 0.2) is 0 Å². The predicted octanol–water partition coefficient (Wildman–Crippen LogP) is 0.496. The molecule has 0 amide bonds. The highest BCUT2D eigenvalue weighted by Crippen LogP contribution is 1.83. The molecule has 0 fully saturated rings. The molecule has 0 saturated heterocycles. The van der Waals surface area contributed by atoms with Gasteiger partial charge in [-0.25, -0.2) is 5.48 Å². The van der Waals surface area contributed by atoms with E-state index in [-0.39, 0.29) is 0 Å². The Hall–Kier alpha value is -0.160. The Morgan fingerprint density at radius 3 is 2.38 bits per heavy atom. The largest absolute Gasteiger partial charge is 0.382 e. The van der Waals surface area contributed by atoms with Crippen LogP contribution in [0.15, 0.2) is 0 Å². The second kappa shape index (κ2) is 9.92. The zero-order chi connectivity index (χ0) is 9.94. The van der Waals surface area contributed by atoms with E-state index in [1.807, 2.05) is 0 Å². The van der Waals surface area contributed by atoms with Crippen LogP contribution < -0.4 is 5.48 Å². The Morgan fingerprint density at radius 1 is 1.15 bits per heavy atom. The second-order valence-corrected chi connectivity index (χ2v) is 2.76. The first-order valence-electron chi connectivity index (χ1n) is 4.91. The van der Waals surface area contributed by atoms with Gasteiger partial charge in [0.05, 0.1) is 13.2 Å². The third-order valence-corrected chi connectivity index (χ3v) is 1.92. The van der Waals surface area contributed by atoms with Crippen molar-refractivity contribution in [3.8, 4) is 0 Å². The molecule has 0 unspecified atom stereocenters. The van der Waals surface area contributed by atoms with Gasteiger partial charge in [-0.1, -0.05) is 13.8 Å². The minimum atomic E-state index is 0.606. The third kappa shape index (κ3) is 8.18. The first-order chi connectivity index (χ1) is 6.35. The molecule has 0 aliphatic heterocycles. The molecule has 0 rings (SSSR count). The van der Waals surface area contributed by atoms with Crippen LogP contribution >= 0.6 is 0 Å². The van der Waals surface area contributed by atoms with Crippen molar-refractivity contribution in [1.82, 2.24) is 10.4 Å². The highest BCUT2D eigenvalue weighted by Gasteiger charge is 1.96. The maximum Gasteiger partial charge on any atom is 0.0915 e. The lowest BCUT2D eigenvalue weighted by Gasteiger charge is -2.17. The number of rotatable bonds is 9. The van der Waals surface area contributed by atoms with Crippen molar-refractivity contribution in [2.24, 2.45) is 0 Å². The summed E-state index contributed by atoms with van der Waals surface area (Å²) in [6, 6.07) is 0. The van der Waals surface area contributed by atoms with Crippen LogP contribution in [0.5, 0.6) is 0 Å². The summed E-state index contributed by atoms with van der Waals surface area (Å²) < 4.78 is 4.84. The summed E-state index contributed by atoms with van der Waals surface area (Å²) in [7, 11) is 1.67. The van der Waals surface area contributed by atoms with Crippen LogP contribution in [0, 0.1) is 0 Å². The maximum absolute atomic E-state index is 5.11. The Morgan fingerprint density at radius 2 is 1.85 bits per heavy atom. The van der Waals surface area contributed by atoms with E-state index in [1.165, 1.54) is 0 Å². The summed E-state index contributed by atoms with van der Waals surface area (Å²) >= 11 is 0. The molecule has 0 aromatic carbocycles. The summed E-state index contributed by atoms with van der Waals surface area (Å²) in [5.41, 5.74) is 2.90. The normalized spacial score (nSPS) is 11.1. The molecule has 4 nitrogen and oxygen atoms in total. The summed E-state index contributed by atoms with van der Waals surface area (Å²) in [5.74, 6) is 0. The van der Waals surface area contributed by atoms with E-state index in [2.05, 4.69) is 24.2 Å². The molecule has 0 radical (unpaired) electrons. The predicted molar refractivity (Wildman–Crippen MR) is 53.6 cm³/mol. The van der Waals surface area contributed by atoms with Crippen LogP contribution in [-0.2, 0) is 9.57 Å². The summed E-state index contributed by atoms with van der Waals surface area (Å²) in [6.45, 7) is 9.65. The first-order valence-corrected chi connectivity index (χ1v) is 4.91. The topological polar surface area (TPSA) is 33.7 Å². The van der Waals surface area contributed by atoms with Crippen LogP contribution in [0.3, 0.4) is 0 Å². The maximum atomic E-state index is 5.11. The number of nitrogens with zero attached hydrogens (tertiary/aromatic N) is 1. The molecular weight excluding hydrogens is 168 g/mol. The van der Waals surface area contributed by atoms with Gasteiger partial charge >= 0.3 is 0 Å². The molecular formula is C9H22N2O2. The molecule has 0 bridgehead atoms. The van der Waals surface area contributed by atoms with Crippen molar-refractivity contribution in [3.63, 3.8) is 0 Å². The van der Waals surface area contributed by atoms with E-state index < -0.39 is 0 Å². The number of hydrogen-bond acceptors (Lipinski definition) is 4. The van der Waals surface area contributed by atoms with Gasteiger partial charge in [-0.05, 0) is 13.1 Å². The number of nitrogens with one attached hydrogen (secondary N) is 1. The molecule has 0 spiro atoms. The van der Waals surface area contributed by atoms with Crippen molar-refractivity contribution in [1.29, 1.82) is 0 Å². The zero-order valence-corrected chi connectivity index (χ0v) is 9.01. The van der Waals surface area contributed by atoms with E-state index >= 15 is 0 Å². The molecule has 0 aliphatic carbocycles. The van der Waals surface area contributed by atoms with Crippen molar-refractivity contribution in [3.05, 3.63) is 0 Å². The quantitative estimate of drug-likeness (QED) is 0.424. The SMILES string of the molecule is CCN(CC)CCNOCCOC. The van der Waals surface area contributed by atoms with Gasteiger partial charge in [-0.15, -0.1) is 0 Å². The molecule has 4 heteroatoms. The van der Waals surface area contributed by atoms with Crippen LogP contribution in [0.1, 0.15) is 13.8 Å². The fourth-order valence-electron chi connectivity index (χ4n) is 1.01. The van der Waals surface area contributed by atoms with Gasteiger partial charge < -0.3 is 9.64 Å². The summed E-state index contributed by atoms with van der Waals surface area (Å²) in [5, 5.41) is 0. The van der Waals surface area contributed by atoms with E-state index in [1.54, 1.807) is 7.11 Å². The monoisotopic (exact) mass is 190 g/mol. The lowest BCUT2D eigenvalue weighted by atomic mass is 10.5. The van der Waals surface area contributed by atoms with Gasteiger partial charge in [0.2, 0.25) is 0 Å². The molecule has 13 heavy (non-hydrogen) atoms. The molecule has 1 N–H and O–H groups in total. The first kappa shape index (κ1) is 12.8. The van der Waals surface area contributed by atoms with Crippen molar-refractivity contribution < 1.29 is 9.57 Å². The van der Waals surface area contributed by atoms with Crippen molar-refractivity contribution in [2.45, 2.75) is 13.8 Å². The van der Waals surface area contributed by atoms with Gasteiger partial charge in [0.25, 0.3) is 0 Å². The average molecular weight is 190 g/mol. The molecule has 80 valence electrons. The Kier molecular flexibility index (Phi) is 9.80. The van der Waals surface area contributed by atoms with E-state index in [0.717, 1.165) is 26.2 Å². The Bertz CT molecular complexity index is 97.6. The molecule has 0 aromatic heterocycles. The highest BCUT2D eigenvalue weighted by molar-refractivity contribution is 4.51. The van der Waals surface area contributed by atoms with E-state index in [9.17, 15) is 0 Å². The summed E-state index contributed by atoms with van der Waals surface area (Å²) in [6.07, 6.45) is 0. The Balaban J connectivity index is 3.05. The third-order valence-electron chi connectivity index (χ3n) is 1.92. The smallest absolute Gasteiger partial charge is 0.0915 e. The number of hydroxylamine groups is 1. The lowest BCUT2D eigenvalue weighted by molar-refractivity contribution is 0.00394. The zero-order valence-electron chi connectivity index (χ0n) is 9.01. The van der Waals surface area contributed by atoms with E-state index in [4.69, 9.17) is 9.57 Å². The molecule has 0 atom stereocenters. The molecule has 0 heterocycles. The number of hydrogen-bond donors (Lipinski definition) is 1. The number of methoxy groups -OCH3 is 1. The lowest BCUT2D eigenvalue weighted by Crippen LogP contribution is -2.32.